The molecule has 204 valence electrons. The fraction of sp³-hybridized carbons (Fsp3) is 0.379. The number of nitrogen functional groups attached to an aromatic ring is 1. The standard InChI is InChI=1S/C29H32FN5O4/c1-16-22(11-20(30)12-23(16)34-27(36)19-9-7-18(8-10-19)17-5-6-17)24-25(26(31)33-15-32-24)38-21-13-35(14-21)28(37)39-29(2,3)4/h7-12,15,17,21H,5-6,13-14H2,1-4H3,(H,34,36)(H2,31,32,33). The van der Waals surface area contributed by atoms with Gasteiger partial charge in [0.15, 0.2) is 11.6 Å². The third-order valence-electron chi connectivity index (χ3n) is 6.71. The molecule has 1 aliphatic heterocycles. The van der Waals surface area contributed by atoms with E-state index in [4.69, 9.17) is 15.2 Å². The first-order valence-corrected chi connectivity index (χ1v) is 13.0. The summed E-state index contributed by atoms with van der Waals surface area (Å²) in [7, 11) is 0. The summed E-state index contributed by atoms with van der Waals surface area (Å²) >= 11 is 0. The molecule has 3 N–H and O–H groups in total. The predicted molar refractivity (Wildman–Crippen MR) is 145 cm³/mol. The van der Waals surface area contributed by atoms with Crippen LogP contribution in [0, 0.1) is 12.7 Å². The number of hydrogen-bond donors (Lipinski definition) is 2. The van der Waals surface area contributed by atoms with Crippen LogP contribution in [0.2, 0.25) is 0 Å². The average molecular weight is 534 g/mol. The summed E-state index contributed by atoms with van der Waals surface area (Å²) in [6.45, 7) is 7.76. The van der Waals surface area contributed by atoms with Crippen molar-refractivity contribution in [2.45, 2.75) is 58.2 Å². The lowest BCUT2D eigenvalue weighted by Crippen LogP contribution is -2.57. The Morgan fingerprint density at radius 2 is 1.79 bits per heavy atom. The maximum absolute atomic E-state index is 14.8. The summed E-state index contributed by atoms with van der Waals surface area (Å²) in [5, 5.41) is 2.82. The molecule has 0 spiro atoms. The van der Waals surface area contributed by atoms with Crippen molar-refractivity contribution in [2.24, 2.45) is 0 Å². The maximum atomic E-state index is 14.8. The van der Waals surface area contributed by atoms with E-state index in [1.807, 2.05) is 12.1 Å². The highest BCUT2D eigenvalue weighted by Crippen LogP contribution is 2.40. The van der Waals surface area contributed by atoms with E-state index in [1.165, 1.54) is 41.8 Å². The van der Waals surface area contributed by atoms with Gasteiger partial charge in [-0.3, -0.25) is 4.79 Å². The zero-order chi connectivity index (χ0) is 27.9. The topological polar surface area (TPSA) is 120 Å². The number of ether oxygens (including phenoxy) is 2. The summed E-state index contributed by atoms with van der Waals surface area (Å²) in [6.07, 6.45) is 2.84. The van der Waals surface area contributed by atoms with Gasteiger partial charge in [0.25, 0.3) is 5.91 Å². The van der Waals surface area contributed by atoms with Crippen LogP contribution in [0.1, 0.15) is 61.0 Å². The number of amides is 2. The number of aromatic nitrogens is 2. The van der Waals surface area contributed by atoms with Crippen molar-refractivity contribution in [3.8, 4) is 17.0 Å². The average Bonchev–Trinajstić information content (AvgIpc) is 3.68. The van der Waals surface area contributed by atoms with Gasteiger partial charge in [-0.05, 0) is 81.8 Å². The first-order chi connectivity index (χ1) is 18.5. The van der Waals surface area contributed by atoms with E-state index in [-0.39, 0.29) is 23.6 Å². The minimum atomic E-state index is -0.601. The lowest BCUT2D eigenvalue weighted by Gasteiger charge is -2.39. The van der Waals surface area contributed by atoms with E-state index in [9.17, 15) is 14.0 Å². The Labute approximate surface area is 226 Å². The highest BCUT2D eigenvalue weighted by Gasteiger charge is 2.36. The minimum absolute atomic E-state index is 0.0840. The zero-order valence-electron chi connectivity index (χ0n) is 22.5. The molecule has 0 unspecified atom stereocenters. The Morgan fingerprint density at radius 3 is 2.44 bits per heavy atom. The van der Waals surface area contributed by atoms with E-state index in [0.29, 0.717) is 47.1 Å². The van der Waals surface area contributed by atoms with Crippen LogP contribution in [0.5, 0.6) is 5.75 Å². The van der Waals surface area contributed by atoms with Crippen molar-refractivity contribution in [3.63, 3.8) is 0 Å². The SMILES string of the molecule is Cc1c(NC(=O)c2ccc(C3CC3)cc2)cc(F)cc1-c1ncnc(N)c1OC1CN(C(=O)OC(C)(C)C)C1. The summed E-state index contributed by atoms with van der Waals surface area (Å²) < 4.78 is 26.3. The number of hydrogen-bond acceptors (Lipinski definition) is 7. The Hall–Kier alpha value is -4.21. The van der Waals surface area contributed by atoms with Gasteiger partial charge in [0, 0.05) is 16.8 Å². The van der Waals surface area contributed by atoms with Crippen molar-refractivity contribution >= 4 is 23.5 Å². The number of carbonyl (C=O) groups is 2. The lowest BCUT2D eigenvalue weighted by molar-refractivity contribution is -0.0219. The van der Waals surface area contributed by atoms with E-state index in [0.717, 1.165) is 0 Å². The van der Waals surface area contributed by atoms with Gasteiger partial charge in [0.2, 0.25) is 0 Å². The monoisotopic (exact) mass is 533 g/mol. The van der Waals surface area contributed by atoms with Crippen LogP contribution >= 0.6 is 0 Å². The van der Waals surface area contributed by atoms with Gasteiger partial charge in [-0.1, -0.05) is 12.1 Å². The second-order valence-electron chi connectivity index (χ2n) is 11.0. The molecular weight excluding hydrogens is 501 g/mol. The molecule has 2 aromatic carbocycles. The number of anilines is 2. The second kappa shape index (κ2) is 10.2. The second-order valence-corrected chi connectivity index (χ2v) is 11.0. The van der Waals surface area contributed by atoms with E-state index < -0.39 is 17.5 Å². The van der Waals surface area contributed by atoms with Gasteiger partial charge in [-0.15, -0.1) is 0 Å². The molecule has 0 bridgehead atoms. The normalized spacial score (nSPS) is 15.5. The predicted octanol–water partition coefficient (Wildman–Crippen LogP) is 5.30. The van der Waals surface area contributed by atoms with Crippen LogP contribution in [0.4, 0.5) is 20.7 Å². The highest BCUT2D eigenvalue weighted by molar-refractivity contribution is 6.05. The first-order valence-electron chi connectivity index (χ1n) is 13.0. The third-order valence-corrected chi connectivity index (χ3v) is 6.71. The minimum Gasteiger partial charge on any atom is -0.481 e. The Bertz CT molecular complexity index is 1410. The fourth-order valence-electron chi connectivity index (χ4n) is 4.42. The number of benzene rings is 2. The molecule has 1 saturated carbocycles. The van der Waals surface area contributed by atoms with E-state index in [1.54, 1.807) is 39.8 Å². The van der Waals surface area contributed by atoms with Gasteiger partial charge in [0.05, 0.1) is 13.1 Å². The van der Waals surface area contributed by atoms with Crippen molar-refractivity contribution in [3.05, 3.63) is 65.2 Å². The third kappa shape index (κ3) is 5.94. The van der Waals surface area contributed by atoms with E-state index in [2.05, 4.69) is 15.3 Å². The van der Waals surface area contributed by atoms with Crippen LogP contribution in [-0.2, 0) is 4.74 Å². The number of nitrogens with two attached hydrogens (primary N) is 1. The molecular formula is C29H32FN5O4. The molecule has 10 heteroatoms. The number of nitrogens with zero attached hydrogens (tertiary/aromatic N) is 3. The van der Waals surface area contributed by atoms with Gasteiger partial charge >= 0.3 is 6.09 Å². The van der Waals surface area contributed by atoms with Crippen molar-refractivity contribution in [2.75, 3.05) is 24.1 Å². The van der Waals surface area contributed by atoms with Crippen LogP contribution < -0.4 is 15.8 Å². The molecule has 2 amide bonds. The van der Waals surface area contributed by atoms with Crippen molar-refractivity contribution in [1.29, 1.82) is 0 Å². The van der Waals surface area contributed by atoms with Crippen molar-refractivity contribution in [1.82, 2.24) is 14.9 Å². The molecule has 39 heavy (non-hydrogen) atoms. The fourth-order valence-corrected chi connectivity index (χ4v) is 4.42. The van der Waals surface area contributed by atoms with Crippen LogP contribution in [-0.4, -0.2) is 51.7 Å². The molecule has 1 saturated heterocycles. The molecule has 2 aliphatic rings. The van der Waals surface area contributed by atoms with Gasteiger partial charge in [-0.25, -0.2) is 19.2 Å². The number of likely N-dealkylation sites (tertiary alicyclic amines) is 1. The molecule has 0 radical (unpaired) electrons. The number of rotatable bonds is 6. The van der Waals surface area contributed by atoms with Crippen molar-refractivity contribution < 1.29 is 23.5 Å². The first kappa shape index (κ1) is 26.4. The van der Waals surface area contributed by atoms with Gasteiger partial charge in [-0.2, -0.15) is 0 Å². The molecule has 5 rings (SSSR count). The molecule has 0 atom stereocenters. The molecule has 2 heterocycles. The van der Waals surface area contributed by atoms with Gasteiger partial charge < -0.3 is 25.4 Å². The summed E-state index contributed by atoms with van der Waals surface area (Å²) in [5.41, 5.74) is 8.85. The van der Waals surface area contributed by atoms with Crippen LogP contribution in [0.15, 0.2) is 42.7 Å². The molecule has 1 aromatic heterocycles. The van der Waals surface area contributed by atoms with Gasteiger partial charge in [0.1, 0.15) is 29.5 Å². The Balaban J connectivity index is 1.35. The number of carbonyl (C=O) groups excluding carboxylic acids is 2. The summed E-state index contributed by atoms with van der Waals surface area (Å²) in [5.74, 6) is -0.0360. The smallest absolute Gasteiger partial charge is 0.410 e. The molecule has 1 aliphatic carbocycles. The molecule has 9 nitrogen and oxygen atoms in total. The lowest BCUT2D eigenvalue weighted by atomic mass is 10.0. The quantitative estimate of drug-likeness (QED) is 0.441. The zero-order valence-corrected chi connectivity index (χ0v) is 22.5. The number of nitrogens with one attached hydrogen (secondary N) is 1. The Morgan fingerprint density at radius 1 is 1.10 bits per heavy atom. The maximum Gasteiger partial charge on any atom is 0.410 e. The van der Waals surface area contributed by atoms with Crippen LogP contribution in [0.25, 0.3) is 11.3 Å². The van der Waals surface area contributed by atoms with E-state index >= 15 is 0 Å². The molecule has 3 aromatic rings. The molecule has 2 fully saturated rings. The number of halogens is 1. The summed E-state index contributed by atoms with van der Waals surface area (Å²) in [4.78, 5) is 35.1. The Kier molecular flexibility index (Phi) is 6.88. The highest BCUT2D eigenvalue weighted by atomic mass is 19.1. The largest absolute Gasteiger partial charge is 0.481 e. The van der Waals surface area contributed by atoms with Crippen LogP contribution in [0.3, 0.4) is 0 Å². The summed E-state index contributed by atoms with van der Waals surface area (Å²) in [6, 6.07) is 10.1.